The van der Waals surface area contributed by atoms with Gasteiger partial charge in [-0.05, 0) is 48.9 Å². The summed E-state index contributed by atoms with van der Waals surface area (Å²) in [6, 6.07) is 19.7. The fourth-order valence-electron chi connectivity index (χ4n) is 3.59. The van der Waals surface area contributed by atoms with Crippen LogP contribution in [0.2, 0.25) is 0 Å². The molecule has 0 fully saturated rings. The normalized spacial score (nSPS) is 12.6. The van der Waals surface area contributed by atoms with Gasteiger partial charge in [-0.15, -0.1) is 0 Å². The molecule has 0 spiro atoms. The van der Waals surface area contributed by atoms with Crippen molar-refractivity contribution in [3.05, 3.63) is 77.4 Å². The molecule has 0 amide bonds. The molecule has 1 aliphatic heterocycles. The molecule has 0 atom stereocenters. The van der Waals surface area contributed by atoms with Crippen molar-refractivity contribution in [2.75, 3.05) is 27.9 Å². The average molecular weight is 389 g/mol. The zero-order chi connectivity index (χ0) is 20.2. The molecule has 5 nitrogen and oxygen atoms in total. The molecule has 0 saturated carbocycles. The highest BCUT2D eigenvalue weighted by Crippen LogP contribution is 2.44. The Bertz CT molecular complexity index is 1030. The Balaban J connectivity index is 1.69. The third-order valence-electron chi connectivity index (χ3n) is 4.93. The third kappa shape index (κ3) is 3.63. The number of methoxy groups -OCH3 is 3. The van der Waals surface area contributed by atoms with Crippen LogP contribution in [0.15, 0.2) is 65.7 Å². The van der Waals surface area contributed by atoms with Crippen LogP contribution in [0.1, 0.15) is 16.7 Å². The Kier molecular flexibility index (Phi) is 5.38. The van der Waals surface area contributed by atoms with Crippen molar-refractivity contribution in [2.24, 2.45) is 4.99 Å². The van der Waals surface area contributed by atoms with Gasteiger partial charge in [0, 0.05) is 23.2 Å². The molecule has 3 aromatic carbocycles. The summed E-state index contributed by atoms with van der Waals surface area (Å²) in [7, 11) is 4.90. The fraction of sp³-hybridized carbons (Fsp3) is 0.208. The van der Waals surface area contributed by atoms with Crippen molar-refractivity contribution in [2.45, 2.75) is 6.42 Å². The van der Waals surface area contributed by atoms with Crippen LogP contribution in [0.4, 0.5) is 0 Å². The van der Waals surface area contributed by atoms with Crippen molar-refractivity contribution < 1.29 is 18.9 Å². The summed E-state index contributed by atoms with van der Waals surface area (Å²) >= 11 is 0. The predicted molar refractivity (Wildman–Crippen MR) is 113 cm³/mol. The summed E-state index contributed by atoms with van der Waals surface area (Å²) in [6.07, 6.45) is 0.789. The Morgan fingerprint density at radius 1 is 0.759 bits per heavy atom. The first-order valence-corrected chi connectivity index (χ1v) is 9.45. The number of hydrogen-bond acceptors (Lipinski definition) is 5. The molecule has 0 aromatic heterocycles. The molecule has 0 aliphatic carbocycles. The number of para-hydroxylation sites is 1. The Morgan fingerprint density at radius 2 is 1.45 bits per heavy atom. The van der Waals surface area contributed by atoms with E-state index < -0.39 is 0 Å². The first kappa shape index (κ1) is 18.9. The number of nitrogens with zero attached hydrogens (tertiary/aromatic N) is 1. The summed E-state index contributed by atoms with van der Waals surface area (Å²) in [6.45, 7) is 0.691. The molecule has 0 unspecified atom stereocenters. The van der Waals surface area contributed by atoms with E-state index >= 15 is 0 Å². The highest BCUT2D eigenvalue weighted by Gasteiger charge is 2.25. The second-order valence-electron chi connectivity index (χ2n) is 6.59. The SMILES string of the molecule is COc1cc2c(c(OC)c1OC)CCN=C2c1ccc(Oc2ccccc2)cc1. The second kappa shape index (κ2) is 8.27. The van der Waals surface area contributed by atoms with Gasteiger partial charge in [-0.1, -0.05) is 18.2 Å². The predicted octanol–water partition coefficient (Wildman–Crippen LogP) is 4.90. The Hall–Kier alpha value is -3.47. The van der Waals surface area contributed by atoms with Crippen molar-refractivity contribution in [1.82, 2.24) is 0 Å². The van der Waals surface area contributed by atoms with E-state index in [1.807, 2.05) is 60.7 Å². The zero-order valence-corrected chi connectivity index (χ0v) is 16.8. The van der Waals surface area contributed by atoms with Gasteiger partial charge in [-0.25, -0.2) is 0 Å². The van der Waals surface area contributed by atoms with Crippen LogP contribution in [0.25, 0.3) is 0 Å². The van der Waals surface area contributed by atoms with Gasteiger partial charge in [0.1, 0.15) is 11.5 Å². The summed E-state index contributed by atoms with van der Waals surface area (Å²) < 4.78 is 22.6. The lowest BCUT2D eigenvalue weighted by Crippen LogP contribution is -2.16. The maximum atomic E-state index is 5.90. The Labute approximate surface area is 170 Å². The van der Waals surface area contributed by atoms with E-state index in [9.17, 15) is 0 Å². The second-order valence-corrected chi connectivity index (χ2v) is 6.59. The zero-order valence-electron chi connectivity index (χ0n) is 16.8. The molecular formula is C24H23NO4. The van der Waals surface area contributed by atoms with Crippen LogP contribution in [0.5, 0.6) is 28.7 Å². The molecule has 0 bridgehead atoms. The van der Waals surface area contributed by atoms with Gasteiger partial charge in [-0.2, -0.15) is 0 Å². The van der Waals surface area contributed by atoms with Crippen LogP contribution in [0.3, 0.4) is 0 Å². The molecule has 0 saturated heterocycles. The summed E-state index contributed by atoms with van der Waals surface area (Å²) in [5.41, 5.74) is 4.01. The van der Waals surface area contributed by atoms with Crippen molar-refractivity contribution in [3.63, 3.8) is 0 Å². The van der Waals surface area contributed by atoms with Gasteiger partial charge in [-0.3, -0.25) is 4.99 Å². The van der Waals surface area contributed by atoms with Gasteiger partial charge in [0.05, 0.1) is 27.0 Å². The van der Waals surface area contributed by atoms with Gasteiger partial charge >= 0.3 is 0 Å². The monoisotopic (exact) mass is 389 g/mol. The summed E-state index contributed by atoms with van der Waals surface area (Å²) in [5.74, 6) is 3.53. The summed E-state index contributed by atoms with van der Waals surface area (Å²) in [5, 5.41) is 0. The lowest BCUT2D eigenvalue weighted by molar-refractivity contribution is 0.322. The van der Waals surface area contributed by atoms with E-state index in [4.69, 9.17) is 23.9 Å². The smallest absolute Gasteiger partial charge is 0.203 e. The van der Waals surface area contributed by atoms with Crippen molar-refractivity contribution in [3.8, 4) is 28.7 Å². The topological polar surface area (TPSA) is 49.3 Å². The van der Waals surface area contributed by atoms with Gasteiger partial charge in [0.2, 0.25) is 5.75 Å². The van der Waals surface area contributed by atoms with Gasteiger partial charge in [0.15, 0.2) is 11.5 Å². The minimum Gasteiger partial charge on any atom is -0.493 e. The molecule has 1 heterocycles. The van der Waals surface area contributed by atoms with Crippen molar-refractivity contribution in [1.29, 1.82) is 0 Å². The maximum absolute atomic E-state index is 5.90. The van der Waals surface area contributed by atoms with Gasteiger partial charge in [0.25, 0.3) is 0 Å². The third-order valence-corrected chi connectivity index (χ3v) is 4.93. The highest BCUT2D eigenvalue weighted by atomic mass is 16.5. The molecule has 148 valence electrons. The molecule has 1 aliphatic rings. The number of hydrogen-bond donors (Lipinski definition) is 0. The van der Waals surface area contributed by atoms with Crippen LogP contribution in [-0.4, -0.2) is 33.6 Å². The van der Waals surface area contributed by atoms with Gasteiger partial charge < -0.3 is 18.9 Å². The summed E-state index contributed by atoms with van der Waals surface area (Å²) in [4.78, 5) is 4.78. The molecule has 0 radical (unpaired) electrons. The number of fused-ring (bicyclic) bond motifs is 1. The standard InChI is InChI=1S/C24H23NO4/c1-26-21-15-20-19(23(27-2)24(21)28-3)13-14-25-22(20)16-9-11-18(12-10-16)29-17-7-5-4-6-8-17/h4-12,15H,13-14H2,1-3H3. The number of benzene rings is 3. The van der Waals surface area contributed by atoms with Crippen LogP contribution >= 0.6 is 0 Å². The molecule has 5 heteroatoms. The molecule has 3 aromatic rings. The van der Waals surface area contributed by atoms with E-state index in [1.165, 1.54) is 0 Å². The van der Waals surface area contributed by atoms with E-state index in [0.29, 0.717) is 23.8 Å². The minimum absolute atomic E-state index is 0.613. The van der Waals surface area contributed by atoms with E-state index in [2.05, 4.69) is 0 Å². The largest absolute Gasteiger partial charge is 0.493 e. The fourth-order valence-corrected chi connectivity index (χ4v) is 3.59. The van der Waals surface area contributed by atoms with Crippen LogP contribution < -0.4 is 18.9 Å². The van der Waals surface area contributed by atoms with Crippen LogP contribution in [-0.2, 0) is 6.42 Å². The molecular weight excluding hydrogens is 366 g/mol. The number of ether oxygens (including phenoxy) is 4. The molecule has 29 heavy (non-hydrogen) atoms. The average Bonchev–Trinajstić information content (AvgIpc) is 2.78. The lowest BCUT2D eigenvalue weighted by Gasteiger charge is -2.23. The van der Waals surface area contributed by atoms with E-state index in [1.54, 1.807) is 21.3 Å². The molecule has 0 N–H and O–H groups in total. The quantitative estimate of drug-likeness (QED) is 0.602. The first-order chi connectivity index (χ1) is 14.2. The first-order valence-electron chi connectivity index (χ1n) is 9.45. The molecule has 4 rings (SSSR count). The minimum atomic E-state index is 0.613. The van der Waals surface area contributed by atoms with Crippen LogP contribution in [0, 0.1) is 0 Å². The van der Waals surface area contributed by atoms with Crippen molar-refractivity contribution >= 4 is 5.71 Å². The van der Waals surface area contributed by atoms with E-state index in [0.717, 1.165) is 40.3 Å². The lowest BCUT2D eigenvalue weighted by atomic mass is 9.91. The number of rotatable bonds is 6. The number of aliphatic imine (C=N–C) groups is 1. The maximum Gasteiger partial charge on any atom is 0.203 e. The highest BCUT2D eigenvalue weighted by molar-refractivity contribution is 6.15. The Morgan fingerprint density at radius 3 is 2.10 bits per heavy atom. The van der Waals surface area contributed by atoms with E-state index in [-0.39, 0.29) is 0 Å².